The fraction of sp³-hybridized carbons (Fsp3) is 0.543. The number of benzene rings is 2. The van der Waals surface area contributed by atoms with Crippen molar-refractivity contribution in [2.45, 2.75) is 103 Å². The van der Waals surface area contributed by atoms with Crippen LogP contribution >= 0.6 is 0 Å². The third-order valence-electron chi connectivity index (χ3n) is 8.48. The Hall–Kier alpha value is -2.46. The summed E-state index contributed by atoms with van der Waals surface area (Å²) >= 11 is 0. The Morgan fingerprint density at radius 2 is 1.36 bits per heavy atom. The summed E-state index contributed by atoms with van der Waals surface area (Å²) in [5.74, 6) is 10.7. The molecule has 192 valence electrons. The lowest BCUT2D eigenvalue weighted by atomic mass is 9.77. The Bertz CT molecular complexity index is 972. The van der Waals surface area contributed by atoms with Crippen molar-refractivity contribution < 1.29 is 4.74 Å². The predicted molar refractivity (Wildman–Crippen MR) is 154 cm³/mol. The van der Waals surface area contributed by atoms with Crippen molar-refractivity contribution >= 4 is 0 Å². The number of hydrogen-bond donors (Lipinski definition) is 0. The SMILES string of the molecule is CCCCOc1ccc(C2CCC(C=CC#Cc3ccc(C4CCC(CCC)CC4)cc3)CC2)cc1. The van der Waals surface area contributed by atoms with E-state index in [4.69, 9.17) is 4.74 Å². The molecule has 2 aliphatic rings. The van der Waals surface area contributed by atoms with Crippen molar-refractivity contribution in [2.75, 3.05) is 6.61 Å². The molecule has 0 radical (unpaired) electrons. The summed E-state index contributed by atoms with van der Waals surface area (Å²) in [6, 6.07) is 17.9. The molecule has 1 nitrogen and oxygen atoms in total. The van der Waals surface area contributed by atoms with Gasteiger partial charge in [0, 0.05) is 5.56 Å². The first-order chi connectivity index (χ1) is 17.7. The minimum atomic E-state index is 0.664. The van der Waals surface area contributed by atoms with Crippen LogP contribution in [0.2, 0.25) is 0 Å². The van der Waals surface area contributed by atoms with Crippen LogP contribution < -0.4 is 4.74 Å². The van der Waals surface area contributed by atoms with Gasteiger partial charge >= 0.3 is 0 Å². The highest BCUT2D eigenvalue weighted by molar-refractivity contribution is 5.39. The molecule has 0 amide bonds. The summed E-state index contributed by atoms with van der Waals surface area (Å²) in [7, 11) is 0. The van der Waals surface area contributed by atoms with Gasteiger partial charge in [-0.2, -0.15) is 0 Å². The molecule has 2 saturated carbocycles. The van der Waals surface area contributed by atoms with Crippen LogP contribution in [0.15, 0.2) is 60.7 Å². The van der Waals surface area contributed by atoms with Crippen LogP contribution in [0.4, 0.5) is 0 Å². The third kappa shape index (κ3) is 8.03. The largest absolute Gasteiger partial charge is 0.494 e. The average Bonchev–Trinajstić information content (AvgIpc) is 2.93. The Balaban J connectivity index is 1.19. The Labute approximate surface area is 220 Å². The fourth-order valence-electron chi connectivity index (χ4n) is 6.16. The molecule has 0 spiro atoms. The zero-order chi connectivity index (χ0) is 25.0. The van der Waals surface area contributed by atoms with Crippen molar-refractivity contribution in [1.29, 1.82) is 0 Å². The van der Waals surface area contributed by atoms with Crippen molar-refractivity contribution in [3.8, 4) is 17.6 Å². The maximum atomic E-state index is 5.81. The molecule has 0 heterocycles. The Morgan fingerprint density at radius 3 is 1.97 bits per heavy atom. The fourth-order valence-corrected chi connectivity index (χ4v) is 6.16. The lowest BCUT2D eigenvalue weighted by Crippen LogP contribution is -2.13. The maximum absolute atomic E-state index is 5.81. The summed E-state index contributed by atoms with van der Waals surface area (Å²) in [5, 5.41) is 0. The van der Waals surface area contributed by atoms with Gasteiger partial charge in [-0.25, -0.2) is 0 Å². The summed E-state index contributed by atoms with van der Waals surface area (Å²) in [5.41, 5.74) is 4.12. The van der Waals surface area contributed by atoms with Gasteiger partial charge in [-0.3, -0.25) is 0 Å². The van der Waals surface area contributed by atoms with E-state index in [0.717, 1.165) is 36.2 Å². The Morgan fingerprint density at radius 1 is 0.750 bits per heavy atom. The highest BCUT2D eigenvalue weighted by atomic mass is 16.5. The molecule has 0 N–H and O–H groups in total. The summed E-state index contributed by atoms with van der Waals surface area (Å²) in [6.07, 6.45) is 20.1. The lowest BCUT2D eigenvalue weighted by Gasteiger charge is -2.28. The molecule has 0 atom stereocenters. The van der Waals surface area contributed by atoms with Gasteiger partial charge in [-0.1, -0.05) is 75.3 Å². The summed E-state index contributed by atoms with van der Waals surface area (Å²) in [6.45, 7) is 5.33. The lowest BCUT2D eigenvalue weighted by molar-refractivity contribution is 0.308. The van der Waals surface area contributed by atoms with E-state index < -0.39 is 0 Å². The van der Waals surface area contributed by atoms with E-state index in [9.17, 15) is 0 Å². The molecule has 1 heteroatoms. The van der Waals surface area contributed by atoms with Crippen LogP contribution in [0.1, 0.15) is 119 Å². The van der Waals surface area contributed by atoms with Gasteiger partial charge in [-0.05, 0) is 123 Å². The Kier molecular flexibility index (Phi) is 10.6. The second-order valence-corrected chi connectivity index (χ2v) is 11.1. The van der Waals surface area contributed by atoms with Crippen molar-refractivity contribution in [3.63, 3.8) is 0 Å². The van der Waals surface area contributed by atoms with Crippen LogP contribution in [0.3, 0.4) is 0 Å². The quantitative estimate of drug-likeness (QED) is 0.255. The van der Waals surface area contributed by atoms with E-state index in [2.05, 4.69) is 86.4 Å². The highest BCUT2D eigenvalue weighted by Crippen LogP contribution is 2.38. The minimum Gasteiger partial charge on any atom is -0.494 e. The normalized spacial score (nSPS) is 24.3. The van der Waals surface area contributed by atoms with Gasteiger partial charge in [0.2, 0.25) is 0 Å². The van der Waals surface area contributed by atoms with E-state index in [1.807, 2.05) is 0 Å². The molecule has 36 heavy (non-hydrogen) atoms. The van der Waals surface area contributed by atoms with E-state index in [-0.39, 0.29) is 0 Å². The zero-order valence-corrected chi connectivity index (χ0v) is 22.7. The van der Waals surface area contributed by atoms with Gasteiger partial charge in [-0.15, -0.1) is 0 Å². The first-order valence-electron chi connectivity index (χ1n) is 14.8. The monoisotopic (exact) mass is 482 g/mol. The molecule has 0 saturated heterocycles. The molecule has 2 aliphatic carbocycles. The average molecular weight is 483 g/mol. The van der Waals surface area contributed by atoms with Crippen molar-refractivity contribution in [1.82, 2.24) is 0 Å². The molecule has 0 aromatic heterocycles. The van der Waals surface area contributed by atoms with E-state index in [1.54, 1.807) is 0 Å². The van der Waals surface area contributed by atoms with Gasteiger partial charge in [0.05, 0.1) is 6.61 Å². The van der Waals surface area contributed by atoms with E-state index in [1.165, 1.54) is 81.8 Å². The molecular formula is C35H46O. The standard InChI is InChI=1S/C35H46O/c1-3-5-27-36-35-25-23-34(24-26-35)33-21-15-30(16-22-33)10-7-6-9-29-13-19-32(20-14-29)31-17-11-28(8-4-2)12-18-31/h7,10,13-14,19-20,23-26,28,30-31,33H,3-5,8,11-12,15-18,21-22,27H2,1-2H3. The molecule has 0 bridgehead atoms. The molecule has 2 aromatic carbocycles. The molecule has 4 rings (SSSR count). The smallest absolute Gasteiger partial charge is 0.119 e. The number of hydrogen-bond acceptors (Lipinski definition) is 1. The minimum absolute atomic E-state index is 0.664. The first-order valence-corrected chi connectivity index (χ1v) is 14.8. The van der Waals surface area contributed by atoms with E-state index >= 15 is 0 Å². The van der Waals surface area contributed by atoms with Gasteiger partial charge in [0.25, 0.3) is 0 Å². The van der Waals surface area contributed by atoms with Crippen LogP contribution in [0, 0.1) is 23.7 Å². The first kappa shape index (κ1) is 26.6. The molecule has 0 aliphatic heterocycles. The van der Waals surface area contributed by atoms with Crippen LogP contribution in [0.5, 0.6) is 5.75 Å². The summed E-state index contributed by atoms with van der Waals surface area (Å²) in [4.78, 5) is 0. The molecular weight excluding hydrogens is 436 g/mol. The highest BCUT2D eigenvalue weighted by Gasteiger charge is 2.22. The molecule has 2 fully saturated rings. The number of unbranched alkanes of at least 4 members (excludes halogenated alkanes) is 1. The van der Waals surface area contributed by atoms with Crippen LogP contribution in [-0.2, 0) is 0 Å². The van der Waals surface area contributed by atoms with Crippen molar-refractivity contribution in [3.05, 3.63) is 77.4 Å². The number of rotatable bonds is 9. The second-order valence-electron chi connectivity index (χ2n) is 11.1. The van der Waals surface area contributed by atoms with Gasteiger partial charge in [0.15, 0.2) is 0 Å². The predicted octanol–water partition coefficient (Wildman–Crippen LogP) is 9.82. The van der Waals surface area contributed by atoms with Crippen LogP contribution in [-0.4, -0.2) is 6.61 Å². The van der Waals surface area contributed by atoms with Crippen LogP contribution in [0.25, 0.3) is 0 Å². The van der Waals surface area contributed by atoms with Crippen molar-refractivity contribution in [2.24, 2.45) is 11.8 Å². The number of allylic oxidation sites excluding steroid dienone is 2. The molecule has 0 unspecified atom stereocenters. The van der Waals surface area contributed by atoms with Gasteiger partial charge in [0.1, 0.15) is 5.75 Å². The van der Waals surface area contributed by atoms with Gasteiger partial charge < -0.3 is 4.74 Å². The topological polar surface area (TPSA) is 9.23 Å². The van der Waals surface area contributed by atoms with E-state index in [0.29, 0.717) is 11.8 Å². The second kappa shape index (κ2) is 14.3. The molecule has 2 aromatic rings. The third-order valence-corrected chi connectivity index (χ3v) is 8.48. The number of ether oxygens (including phenoxy) is 1. The zero-order valence-electron chi connectivity index (χ0n) is 22.7. The maximum Gasteiger partial charge on any atom is 0.119 e. The summed E-state index contributed by atoms with van der Waals surface area (Å²) < 4.78 is 5.81.